The van der Waals surface area contributed by atoms with E-state index >= 15 is 0 Å². The van der Waals surface area contributed by atoms with Gasteiger partial charge in [-0.25, -0.2) is 13.4 Å². The van der Waals surface area contributed by atoms with Crippen LogP contribution in [0.2, 0.25) is 0 Å². The second-order valence-corrected chi connectivity index (χ2v) is 11.0. The zero-order valence-electron chi connectivity index (χ0n) is 21.1. The van der Waals surface area contributed by atoms with E-state index in [2.05, 4.69) is 59.2 Å². The van der Waals surface area contributed by atoms with Crippen LogP contribution in [0, 0.1) is 25.6 Å². The Morgan fingerprint density at radius 3 is 2.51 bits per heavy atom. The highest BCUT2D eigenvalue weighted by Crippen LogP contribution is 2.36. The first-order chi connectivity index (χ1) is 16.8. The van der Waals surface area contributed by atoms with Crippen molar-refractivity contribution in [3.63, 3.8) is 0 Å². The maximum Gasteiger partial charge on any atom is 0.123 e. The number of rotatable bonds is 6. The molecule has 184 valence electrons. The van der Waals surface area contributed by atoms with Crippen LogP contribution in [0.15, 0.2) is 53.7 Å². The number of nitrogens with zero attached hydrogens (tertiary/aromatic N) is 6. The SMILES string of the molecule is Cc1cc2c(cnn2-c2ccc(F)cc2)cc1C1CN(Sc2cnn(C)c2C)CCN1CC(C)C. The van der Waals surface area contributed by atoms with Gasteiger partial charge >= 0.3 is 0 Å². The van der Waals surface area contributed by atoms with Crippen molar-refractivity contribution in [2.45, 2.75) is 38.6 Å². The molecular formula is C27H33FN6S. The number of benzene rings is 2. The standard InChI is InChI=1S/C27H33FN6S/c1-18(2)16-32-10-11-33(35-27-15-29-31(5)20(27)4)17-26(32)24-13-21-14-30-34(25(21)12-19(24)3)23-8-6-22(28)7-9-23/h6-9,12-15,18,26H,10-11,16-17H2,1-5H3. The van der Waals surface area contributed by atoms with Crippen molar-refractivity contribution in [3.8, 4) is 5.69 Å². The van der Waals surface area contributed by atoms with Gasteiger partial charge in [-0.2, -0.15) is 10.2 Å². The fourth-order valence-electron chi connectivity index (χ4n) is 4.91. The van der Waals surface area contributed by atoms with Crippen molar-refractivity contribution in [1.29, 1.82) is 0 Å². The molecule has 35 heavy (non-hydrogen) atoms. The van der Waals surface area contributed by atoms with Gasteiger partial charge in [0.25, 0.3) is 0 Å². The van der Waals surface area contributed by atoms with Crippen LogP contribution in [-0.4, -0.2) is 54.9 Å². The fourth-order valence-corrected chi connectivity index (χ4v) is 5.94. The summed E-state index contributed by atoms with van der Waals surface area (Å²) in [7, 11) is 1.99. The van der Waals surface area contributed by atoms with Crippen LogP contribution in [0.1, 0.15) is 36.7 Å². The first-order valence-electron chi connectivity index (χ1n) is 12.2. The van der Waals surface area contributed by atoms with Gasteiger partial charge in [-0.1, -0.05) is 13.8 Å². The molecule has 4 aromatic rings. The van der Waals surface area contributed by atoms with E-state index in [0.29, 0.717) is 12.0 Å². The van der Waals surface area contributed by atoms with Gasteiger partial charge in [0.15, 0.2) is 0 Å². The summed E-state index contributed by atoms with van der Waals surface area (Å²) < 4.78 is 19.8. The van der Waals surface area contributed by atoms with Gasteiger partial charge in [-0.05, 0) is 79.2 Å². The Morgan fingerprint density at radius 2 is 1.83 bits per heavy atom. The lowest BCUT2D eigenvalue weighted by atomic mass is 9.96. The number of halogens is 1. The minimum absolute atomic E-state index is 0.241. The number of piperazine rings is 1. The molecule has 0 spiro atoms. The van der Waals surface area contributed by atoms with E-state index in [0.717, 1.165) is 42.8 Å². The van der Waals surface area contributed by atoms with E-state index in [4.69, 9.17) is 0 Å². The third-order valence-electron chi connectivity index (χ3n) is 6.86. The summed E-state index contributed by atoms with van der Waals surface area (Å²) in [4.78, 5) is 3.85. The highest BCUT2D eigenvalue weighted by Gasteiger charge is 2.31. The highest BCUT2D eigenvalue weighted by atomic mass is 32.2. The summed E-state index contributed by atoms with van der Waals surface area (Å²) in [5.74, 6) is 0.359. The molecule has 8 heteroatoms. The maximum absolute atomic E-state index is 13.4. The smallest absolute Gasteiger partial charge is 0.123 e. The van der Waals surface area contributed by atoms with Gasteiger partial charge in [-0.15, -0.1) is 0 Å². The Bertz CT molecular complexity index is 1330. The Hall–Kier alpha value is -2.68. The van der Waals surface area contributed by atoms with E-state index in [1.54, 1.807) is 12.1 Å². The molecule has 2 aromatic carbocycles. The largest absolute Gasteiger partial charge is 0.293 e. The second-order valence-electron chi connectivity index (χ2n) is 9.90. The van der Waals surface area contributed by atoms with Crippen LogP contribution in [-0.2, 0) is 7.05 Å². The number of hydrogen-bond donors (Lipinski definition) is 0. The first kappa shape index (κ1) is 24.0. The molecule has 5 rings (SSSR count). The van der Waals surface area contributed by atoms with Gasteiger partial charge < -0.3 is 0 Å². The maximum atomic E-state index is 13.4. The number of fused-ring (bicyclic) bond motifs is 1. The van der Waals surface area contributed by atoms with E-state index in [9.17, 15) is 4.39 Å². The average molecular weight is 493 g/mol. The predicted molar refractivity (Wildman–Crippen MR) is 140 cm³/mol. The van der Waals surface area contributed by atoms with Gasteiger partial charge in [0.1, 0.15) is 5.82 Å². The number of hydrogen-bond acceptors (Lipinski definition) is 5. The first-order valence-corrected chi connectivity index (χ1v) is 13.0. The molecule has 1 fully saturated rings. The molecule has 1 aliphatic heterocycles. The summed E-state index contributed by atoms with van der Waals surface area (Å²) in [6, 6.07) is 11.3. The fraction of sp³-hybridized carbons (Fsp3) is 0.407. The Kier molecular flexibility index (Phi) is 6.70. The van der Waals surface area contributed by atoms with Gasteiger partial charge in [0, 0.05) is 50.3 Å². The minimum atomic E-state index is -0.241. The second kappa shape index (κ2) is 9.76. The van der Waals surface area contributed by atoms with Crippen molar-refractivity contribution in [2.75, 3.05) is 26.2 Å². The van der Waals surface area contributed by atoms with Gasteiger partial charge in [-0.3, -0.25) is 9.58 Å². The molecule has 0 radical (unpaired) electrons. The van der Waals surface area contributed by atoms with Crippen LogP contribution < -0.4 is 0 Å². The molecular weight excluding hydrogens is 459 g/mol. The Morgan fingerprint density at radius 1 is 1.06 bits per heavy atom. The Labute approximate surface area is 210 Å². The highest BCUT2D eigenvalue weighted by molar-refractivity contribution is 7.97. The lowest BCUT2D eigenvalue weighted by Gasteiger charge is -2.42. The van der Waals surface area contributed by atoms with E-state index < -0.39 is 0 Å². The minimum Gasteiger partial charge on any atom is -0.293 e. The van der Waals surface area contributed by atoms with Gasteiger partial charge in [0.05, 0.1) is 28.5 Å². The van der Waals surface area contributed by atoms with E-state index in [1.807, 2.05) is 40.8 Å². The average Bonchev–Trinajstić information content (AvgIpc) is 3.37. The molecule has 2 aromatic heterocycles. The summed E-state index contributed by atoms with van der Waals surface area (Å²) in [5.41, 5.74) is 5.71. The summed E-state index contributed by atoms with van der Waals surface area (Å²) in [6.45, 7) is 13.0. The van der Waals surface area contributed by atoms with Crippen LogP contribution in [0.25, 0.3) is 16.6 Å². The summed E-state index contributed by atoms with van der Waals surface area (Å²) >= 11 is 1.82. The third-order valence-corrected chi connectivity index (χ3v) is 8.04. The van der Waals surface area contributed by atoms with Crippen molar-refractivity contribution >= 4 is 22.9 Å². The normalized spacial score (nSPS) is 17.6. The van der Waals surface area contributed by atoms with Crippen LogP contribution in [0.5, 0.6) is 0 Å². The summed E-state index contributed by atoms with van der Waals surface area (Å²) in [5, 5.41) is 10.2. The lowest BCUT2D eigenvalue weighted by Crippen LogP contribution is -2.47. The quantitative estimate of drug-likeness (QED) is 0.331. The molecule has 3 heterocycles. The molecule has 1 aliphatic rings. The van der Waals surface area contributed by atoms with Gasteiger partial charge in [0.2, 0.25) is 0 Å². The summed E-state index contributed by atoms with van der Waals surface area (Å²) in [6.07, 6.45) is 3.89. The van der Waals surface area contributed by atoms with E-state index in [1.165, 1.54) is 33.8 Å². The number of aryl methyl sites for hydroxylation is 2. The van der Waals surface area contributed by atoms with Crippen LogP contribution in [0.4, 0.5) is 4.39 Å². The number of aromatic nitrogens is 4. The molecule has 1 atom stereocenters. The van der Waals surface area contributed by atoms with Crippen molar-refractivity contribution < 1.29 is 4.39 Å². The molecule has 0 saturated carbocycles. The molecule has 0 aliphatic carbocycles. The molecule has 0 N–H and O–H groups in total. The third kappa shape index (κ3) is 4.87. The predicted octanol–water partition coefficient (Wildman–Crippen LogP) is 5.54. The van der Waals surface area contributed by atoms with E-state index in [-0.39, 0.29) is 5.82 Å². The van der Waals surface area contributed by atoms with Crippen LogP contribution in [0.3, 0.4) is 0 Å². The van der Waals surface area contributed by atoms with Crippen LogP contribution >= 0.6 is 11.9 Å². The molecule has 0 bridgehead atoms. The zero-order valence-corrected chi connectivity index (χ0v) is 21.9. The lowest BCUT2D eigenvalue weighted by molar-refractivity contribution is 0.110. The monoisotopic (exact) mass is 492 g/mol. The Balaban J connectivity index is 1.47. The molecule has 1 saturated heterocycles. The van der Waals surface area contributed by atoms with Crippen molar-refractivity contribution in [3.05, 3.63) is 71.4 Å². The molecule has 0 amide bonds. The molecule has 6 nitrogen and oxygen atoms in total. The molecule has 1 unspecified atom stereocenters. The topological polar surface area (TPSA) is 42.1 Å². The van der Waals surface area contributed by atoms with Crippen molar-refractivity contribution in [2.24, 2.45) is 13.0 Å². The van der Waals surface area contributed by atoms with Crippen molar-refractivity contribution in [1.82, 2.24) is 28.8 Å². The zero-order chi connectivity index (χ0) is 24.7.